The average Bonchev–Trinajstić information content (AvgIpc) is 2.53. The summed E-state index contributed by atoms with van der Waals surface area (Å²) in [7, 11) is 1.46. The van der Waals surface area contributed by atoms with E-state index in [1.54, 1.807) is 0 Å². The molecule has 26 heavy (non-hydrogen) atoms. The second-order valence-electron chi connectivity index (χ2n) is 7.43. The van der Waals surface area contributed by atoms with Crippen LogP contribution in [0.5, 0.6) is 0 Å². The smallest absolute Gasteiger partial charge is 0.463 e. The van der Waals surface area contributed by atoms with E-state index in [0.29, 0.717) is 17.4 Å². The van der Waals surface area contributed by atoms with Gasteiger partial charge in [-0.25, -0.2) is 4.57 Å². The third-order valence-corrected chi connectivity index (χ3v) is 4.74. The van der Waals surface area contributed by atoms with Gasteiger partial charge in [0.1, 0.15) is 25.9 Å². The molecule has 2 N–H and O–H groups in total. The van der Waals surface area contributed by atoms with E-state index in [1.807, 2.05) is 21.1 Å². The van der Waals surface area contributed by atoms with Gasteiger partial charge in [-0.2, -0.15) is 0 Å². The maximum Gasteiger partial charge on any atom is 0.472 e. The number of aliphatic hydroxyl groups excluding tert-OH is 1. The van der Waals surface area contributed by atoms with Gasteiger partial charge in [-0.1, -0.05) is 39.0 Å². The summed E-state index contributed by atoms with van der Waals surface area (Å²) < 4.78 is 27.2. The Balaban J connectivity index is 4.02. The van der Waals surface area contributed by atoms with Crippen LogP contribution in [0.15, 0.2) is 0 Å². The van der Waals surface area contributed by atoms with Crippen LogP contribution in [0.2, 0.25) is 0 Å². The molecule has 0 rings (SSSR count). The van der Waals surface area contributed by atoms with Gasteiger partial charge >= 0.3 is 13.8 Å². The molecule has 0 saturated carbocycles. The number of carbonyl (C=O) groups is 1. The van der Waals surface area contributed by atoms with Crippen molar-refractivity contribution in [2.75, 3.05) is 47.5 Å². The lowest BCUT2D eigenvalue weighted by Gasteiger charge is -2.24. The average molecular weight is 398 g/mol. The quantitative estimate of drug-likeness (QED) is 0.178. The first-order chi connectivity index (χ1) is 12.1. The normalized spacial score (nSPS) is 15.5. The lowest BCUT2D eigenvalue weighted by atomic mass is 10.1. The molecule has 9 heteroatoms. The van der Waals surface area contributed by atoms with Crippen molar-refractivity contribution >= 4 is 13.8 Å². The number of hydrogen-bond donors (Lipinski definition) is 2. The summed E-state index contributed by atoms with van der Waals surface area (Å²) in [5, 5.41) is 9.25. The zero-order valence-corrected chi connectivity index (χ0v) is 17.6. The molecule has 0 aromatic carbocycles. The Labute approximate surface area is 157 Å². The van der Waals surface area contributed by atoms with Crippen LogP contribution in [0.25, 0.3) is 0 Å². The molecule has 0 aliphatic heterocycles. The molecular weight excluding hydrogens is 361 g/mol. The minimum Gasteiger partial charge on any atom is -0.463 e. The number of ether oxygens (including phenoxy) is 1. The van der Waals surface area contributed by atoms with Crippen LogP contribution in [0, 0.1) is 0 Å². The zero-order valence-electron chi connectivity index (χ0n) is 16.7. The fourth-order valence-electron chi connectivity index (χ4n) is 2.07. The Morgan fingerprint density at radius 3 is 2.31 bits per heavy atom. The molecule has 0 heterocycles. The third kappa shape index (κ3) is 15.7. The van der Waals surface area contributed by atoms with Crippen LogP contribution >= 0.6 is 7.82 Å². The van der Waals surface area contributed by atoms with E-state index in [9.17, 15) is 19.4 Å². The minimum absolute atomic E-state index is 0.0350. The Morgan fingerprint density at radius 1 is 1.12 bits per heavy atom. The fraction of sp³-hybridized carbons (Fsp3) is 0.941. The van der Waals surface area contributed by atoms with E-state index in [2.05, 4.69) is 6.92 Å². The molecule has 0 spiro atoms. The van der Waals surface area contributed by atoms with Gasteiger partial charge in [-0.05, 0) is 6.42 Å². The van der Waals surface area contributed by atoms with E-state index < -0.39 is 26.5 Å². The number of carbonyl (C=O) groups excluding carboxylic acids is 1. The maximum atomic E-state index is 11.9. The van der Waals surface area contributed by atoms with Gasteiger partial charge in [-0.15, -0.1) is 0 Å². The molecule has 0 bridgehead atoms. The van der Waals surface area contributed by atoms with Gasteiger partial charge in [0.05, 0.1) is 27.7 Å². The number of hydrogen-bond acceptors (Lipinski definition) is 6. The first-order valence-electron chi connectivity index (χ1n) is 9.32. The van der Waals surface area contributed by atoms with Crippen molar-refractivity contribution in [3.63, 3.8) is 0 Å². The summed E-state index contributed by atoms with van der Waals surface area (Å²) in [6.07, 6.45) is 5.58. The standard InChI is InChI=1S/C17H36NO7P/c1-5-6-7-8-9-10-11-17(20)23-15-16(14-19)25-26(21,22)24-13-12-18(2,3)4/h16,19H,5-15H2,1-4H3/p+1/t16-/m0/s1. The van der Waals surface area contributed by atoms with Crippen LogP contribution in [0.3, 0.4) is 0 Å². The van der Waals surface area contributed by atoms with Crippen molar-refractivity contribution in [1.82, 2.24) is 0 Å². The lowest BCUT2D eigenvalue weighted by Crippen LogP contribution is -2.37. The second kappa shape index (κ2) is 13.6. The number of unbranched alkanes of at least 4 members (excludes halogenated alkanes) is 5. The highest BCUT2D eigenvalue weighted by Crippen LogP contribution is 2.44. The molecule has 0 saturated heterocycles. The molecule has 0 aliphatic rings. The molecule has 156 valence electrons. The predicted octanol–water partition coefficient (Wildman–Crippen LogP) is 2.48. The zero-order chi connectivity index (χ0) is 20.1. The monoisotopic (exact) mass is 398 g/mol. The summed E-state index contributed by atoms with van der Waals surface area (Å²) in [5.74, 6) is -0.402. The Hall–Kier alpha value is -0.500. The van der Waals surface area contributed by atoms with Crippen molar-refractivity contribution in [2.24, 2.45) is 0 Å². The van der Waals surface area contributed by atoms with Crippen molar-refractivity contribution in [2.45, 2.75) is 58.0 Å². The summed E-state index contributed by atoms with van der Waals surface area (Å²) >= 11 is 0. The SMILES string of the molecule is CCCCCCCCC(=O)OC[C@H](CO)OP(=O)(O)OCC[N+](C)(C)C. The highest BCUT2D eigenvalue weighted by Gasteiger charge is 2.28. The van der Waals surface area contributed by atoms with Crippen molar-refractivity contribution in [3.05, 3.63) is 0 Å². The molecule has 0 fully saturated rings. The Morgan fingerprint density at radius 2 is 1.73 bits per heavy atom. The molecule has 0 aromatic rings. The molecule has 2 atom stereocenters. The van der Waals surface area contributed by atoms with Gasteiger partial charge in [-0.3, -0.25) is 13.8 Å². The van der Waals surface area contributed by atoms with Gasteiger partial charge in [0.25, 0.3) is 0 Å². The topological polar surface area (TPSA) is 102 Å². The number of esters is 1. The molecular formula is C17H37NO7P+. The maximum absolute atomic E-state index is 11.9. The highest BCUT2D eigenvalue weighted by atomic mass is 31.2. The highest BCUT2D eigenvalue weighted by molar-refractivity contribution is 7.47. The first kappa shape index (κ1) is 25.5. The van der Waals surface area contributed by atoms with Gasteiger partial charge < -0.3 is 19.2 Å². The van der Waals surface area contributed by atoms with Crippen LogP contribution in [0.1, 0.15) is 51.9 Å². The summed E-state index contributed by atoms with van der Waals surface area (Å²) in [4.78, 5) is 21.4. The fourth-order valence-corrected chi connectivity index (χ4v) is 2.95. The second-order valence-corrected chi connectivity index (χ2v) is 8.83. The van der Waals surface area contributed by atoms with Crippen molar-refractivity contribution < 1.29 is 37.6 Å². The molecule has 8 nitrogen and oxygen atoms in total. The number of rotatable bonds is 16. The van der Waals surface area contributed by atoms with E-state index in [0.717, 1.165) is 19.3 Å². The number of quaternary nitrogens is 1. The Bertz CT molecular complexity index is 426. The molecule has 0 aliphatic carbocycles. The summed E-state index contributed by atoms with van der Waals surface area (Å²) in [6, 6.07) is 0. The van der Waals surface area contributed by atoms with Crippen LogP contribution in [0.4, 0.5) is 0 Å². The summed E-state index contributed by atoms with van der Waals surface area (Å²) in [5.41, 5.74) is 0. The van der Waals surface area contributed by atoms with Gasteiger partial charge in [0.2, 0.25) is 0 Å². The Kier molecular flexibility index (Phi) is 13.4. The van der Waals surface area contributed by atoms with Gasteiger partial charge in [0, 0.05) is 6.42 Å². The molecule has 0 amide bonds. The van der Waals surface area contributed by atoms with E-state index in [1.165, 1.54) is 19.3 Å². The van der Waals surface area contributed by atoms with E-state index in [-0.39, 0.29) is 13.2 Å². The van der Waals surface area contributed by atoms with E-state index >= 15 is 0 Å². The number of nitrogens with zero attached hydrogens (tertiary/aromatic N) is 1. The number of aliphatic hydroxyl groups is 1. The number of likely N-dealkylation sites (N-methyl/N-ethyl adjacent to an activating group) is 1. The molecule has 1 unspecified atom stereocenters. The van der Waals surface area contributed by atoms with Crippen LogP contribution < -0.4 is 0 Å². The van der Waals surface area contributed by atoms with Gasteiger partial charge in [0.15, 0.2) is 0 Å². The van der Waals surface area contributed by atoms with E-state index in [4.69, 9.17) is 13.8 Å². The minimum atomic E-state index is -4.31. The van der Waals surface area contributed by atoms with Crippen LogP contribution in [-0.4, -0.2) is 74.1 Å². The van der Waals surface area contributed by atoms with Crippen LogP contribution in [-0.2, 0) is 23.1 Å². The largest absolute Gasteiger partial charge is 0.472 e. The summed E-state index contributed by atoms with van der Waals surface area (Å²) in [6.45, 7) is 1.87. The molecule has 0 aromatic heterocycles. The first-order valence-corrected chi connectivity index (χ1v) is 10.8. The van der Waals surface area contributed by atoms with Crippen molar-refractivity contribution in [1.29, 1.82) is 0 Å². The third-order valence-electron chi connectivity index (χ3n) is 3.67. The predicted molar refractivity (Wildman–Crippen MR) is 99.6 cm³/mol. The lowest BCUT2D eigenvalue weighted by molar-refractivity contribution is -0.870. The number of phosphoric acid groups is 1. The van der Waals surface area contributed by atoms with Crippen molar-refractivity contribution in [3.8, 4) is 0 Å². The number of phosphoric ester groups is 1. The molecule has 0 radical (unpaired) electrons.